The second kappa shape index (κ2) is 5.08. The monoisotopic (exact) mass is 301 g/mol. The van der Waals surface area contributed by atoms with E-state index in [4.69, 9.17) is 0 Å². The Kier molecular flexibility index (Phi) is 3.38. The molecular formula is C15H15N3O2S. The van der Waals surface area contributed by atoms with E-state index in [9.17, 15) is 14.9 Å². The van der Waals surface area contributed by atoms with Crippen LogP contribution >= 0.6 is 12.6 Å². The maximum absolute atomic E-state index is 12.5. The molecule has 0 saturated carbocycles. The van der Waals surface area contributed by atoms with Crippen LogP contribution in [0.25, 0.3) is 0 Å². The zero-order valence-corrected chi connectivity index (χ0v) is 12.3. The molecule has 2 aliphatic rings. The minimum absolute atomic E-state index is 0.0562. The zero-order chi connectivity index (χ0) is 15.0. The summed E-state index contributed by atoms with van der Waals surface area (Å²) in [5.74, 6) is -0.303. The van der Waals surface area contributed by atoms with Crippen molar-refractivity contribution in [1.82, 2.24) is 4.90 Å². The Morgan fingerprint density at radius 1 is 1.52 bits per heavy atom. The molecule has 1 fully saturated rings. The third-order valence-electron chi connectivity index (χ3n) is 4.33. The summed E-state index contributed by atoms with van der Waals surface area (Å²) in [6, 6.07) is 9.61. The van der Waals surface area contributed by atoms with Crippen LogP contribution in [-0.2, 0) is 15.0 Å². The Morgan fingerprint density at radius 3 is 3.00 bits per heavy atom. The lowest BCUT2D eigenvalue weighted by atomic mass is 9.74. The summed E-state index contributed by atoms with van der Waals surface area (Å²) in [6.07, 6.45) is 0.320. The van der Waals surface area contributed by atoms with Crippen molar-refractivity contribution in [2.24, 2.45) is 5.92 Å². The number of fused-ring (bicyclic) bond motifs is 2. The number of para-hydroxylation sites is 1. The second-order valence-corrected chi connectivity index (χ2v) is 5.85. The van der Waals surface area contributed by atoms with Gasteiger partial charge in [0.15, 0.2) is 0 Å². The van der Waals surface area contributed by atoms with Crippen molar-refractivity contribution in [2.75, 3.05) is 24.2 Å². The first-order valence-corrected chi connectivity index (χ1v) is 7.46. The first-order valence-electron chi connectivity index (χ1n) is 6.82. The lowest BCUT2D eigenvalue weighted by Gasteiger charge is -2.24. The molecule has 0 radical (unpaired) electrons. The molecule has 2 atom stereocenters. The van der Waals surface area contributed by atoms with Gasteiger partial charge in [0.05, 0.1) is 12.0 Å². The van der Waals surface area contributed by atoms with E-state index < -0.39 is 11.3 Å². The van der Waals surface area contributed by atoms with E-state index >= 15 is 0 Å². The largest absolute Gasteiger partial charge is 0.340 e. The van der Waals surface area contributed by atoms with Crippen LogP contribution in [-0.4, -0.2) is 35.6 Å². The zero-order valence-electron chi connectivity index (χ0n) is 11.4. The van der Waals surface area contributed by atoms with Crippen LogP contribution in [0.4, 0.5) is 5.69 Å². The highest BCUT2D eigenvalue weighted by molar-refractivity contribution is 7.80. The van der Waals surface area contributed by atoms with Crippen molar-refractivity contribution in [1.29, 1.82) is 5.26 Å². The third-order valence-corrected chi connectivity index (χ3v) is 4.56. The van der Waals surface area contributed by atoms with E-state index in [0.717, 1.165) is 11.3 Å². The van der Waals surface area contributed by atoms with Crippen molar-refractivity contribution in [3.8, 4) is 6.07 Å². The molecule has 1 spiro atoms. The highest BCUT2D eigenvalue weighted by atomic mass is 32.1. The Balaban J connectivity index is 2.02. The van der Waals surface area contributed by atoms with Crippen molar-refractivity contribution < 1.29 is 9.59 Å². The van der Waals surface area contributed by atoms with Crippen molar-refractivity contribution >= 4 is 30.1 Å². The highest BCUT2D eigenvalue weighted by Crippen LogP contribution is 2.47. The van der Waals surface area contributed by atoms with Crippen LogP contribution in [0, 0.1) is 17.2 Å². The molecule has 5 nitrogen and oxygen atoms in total. The average Bonchev–Trinajstić information content (AvgIpc) is 3.00. The van der Waals surface area contributed by atoms with Gasteiger partial charge in [-0.25, -0.2) is 0 Å². The Labute approximate surface area is 128 Å². The molecule has 2 heterocycles. The lowest BCUT2D eigenvalue weighted by molar-refractivity contribution is -0.130. The first kappa shape index (κ1) is 14.0. The highest BCUT2D eigenvalue weighted by Gasteiger charge is 2.58. The van der Waals surface area contributed by atoms with Crippen molar-refractivity contribution in [2.45, 2.75) is 11.8 Å². The fourth-order valence-electron chi connectivity index (χ4n) is 3.29. The second-order valence-electron chi connectivity index (χ2n) is 5.40. The fraction of sp³-hybridized carbons (Fsp3) is 0.400. The van der Waals surface area contributed by atoms with Crippen molar-refractivity contribution in [3.63, 3.8) is 0 Å². The first-order chi connectivity index (χ1) is 10.1. The summed E-state index contributed by atoms with van der Waals surface area (Å²) >= 11 is 4.07. The van der Waals surface area contributed by atoms with Crippen molar-refractivity contribution in [3.05, 3.63) is 29.8 Å². The van der Waals surface area contributed by atoms with Gasteiger partial charge in [-0.3, -0.25) is 9.59 Å². The molecule has 21 heavy (non-hydrogen) atoms. The van der Waals surface area contributed by atoms with E-state index in [-0.39, 0.29) is 18.4 Å². The maximum atomic E-state index is 12.5. The van der Waals surface area contributed by atoms with Gasteiger partial charge in [-0.05, 0) is 17.4 Å². The number of nitriles is 1. The molecule has 1 aromatic rings. The Morgan fingerprint density at radius 2 is 2.29 bits per heavy atom. The quantitative estimate of drug-likeness (QED) is 0.806. The molecule has 1 N–H and O–H groups in total. The van der Waals surface area contributed by atoms with E-state index in [2.05, 4.69) is 24.0 Å². The number of anilines is 1. The molecule has 1 aromatic carbocycles. The van der Waals surface area contributed by atoms with E-state index in [1.54, 1.807) is 4.90 Å². The number of rotatable bonds is 2. The van der Waals surface area contributed by atoms with Crippen LogP contribution in [0.2, 0.25) is 0 Å². The van der Waals surface area contributed by atoms with Gasteiger partial charge >= 0.3 is 0 Å². The van der Waals surface area contributed by atoms with Crippen LogP contribution in [0.5, 0.6) is 0 Å². The molecular weight excluding hydrogens is 286 g/mol. The number of benzene rings is 1. The number of thiol groups is 1. The number of carbonyl (C=O) groups is 2. The number of hydrogen-bond acceptors (Lipinski definition) is 4. The molecule has 2 aliphatic heterocycles. The molecule has 0 aromatic heterocycles. The SMILES string of the molecule is N#CC1CN(C(=O)CCS)CC12C(=O)Nc1ccccc12. The molecule has 108 valence electrons. The summed E-state index contributed by atoms with van der Waals surface area (Å²) in [7, 11) is 0. The molecule has 0 aliphatic carbocycles. The third kappa shape index (κ3) is 1.92. The van der Waals surface area contributed by atoms with Crippen LogP contribution in [0.3, 0.4) is 0 Å². The number of amides is 2. The van der Waals surface area contributed by atoms with Gasteiger partial charge in [0, 0.05) is 25.2 Å². The Hall–Kier alpha value is -2.00. The minimum Gasteiger partial charge on any atom is -0.340 e. The summed E-state index contributed by atoms with van der Waals surface area (Å²) < 4.78 is 0. The van der Waals surface area contributed by atoms with Gasteiger partial charge in [-0.15, -0.1) is 0 Å². The molecule has 0 bridgehead atoms. The number of nitrogens with zero attached hydrogens (tertiary/aromatic N) is 2. The van der Waals surface area contributed by atoms with Crippen LogP contribution in [0.15, 0.2) is 24.3 Å². The van der Waals surface area contributed by atoms with Gasteiger partial charge in [-0.1, -0.05) is 18.2 Å². The maximum Gasteiger partial charge on any atom is 0.238 e. The molecule has 2 amide bonds. The number of carbonyl (C=O) groups excluding carboxylic acids is 2. The standard InChI is InChI=1S/C15H15N3O2S/c16-7-10-8-18(13(19)5-6-21)9-15(10)11-3-1-2-4-12(11)17-14(15)20/h1-4,10,21H,5-6,8-9H2,(H,17,20). The van der Waals surface area contributed by atoms with Gasteiger partial charge in [0.25, 0.3) is 0 Å². The Bertz CT molecular complexity index is 655. The van der Waals surface area contributed by atoms with Gasteiger partial charge < -0.3 is 10.2 Å². The molecule has 2 unspecified atom stereocenters. The summed E-state index contributed by atoms with van der Waals surface area (Å²) in [6.45, 7) is 0.561. The van der Waals surface area contributed by atoms with E-state index in [1.165, 1.54) is 0 Å². The number of nitrogens with one attached hydrogen (secondary N) is 1. The molecule has 3 rings (SSSR count). The number of hydrogen-bond donors (Lipinski definition) is 2. The smallest absolute Gasteiger partial charge is 0.238 e. The summed E-state index contributed by atoms with van der Waals surface area (Å²) in [4.78, 5) is 26.3. The van der Waals surface area contributed by atoms with Crippen LogP contribution in [0.1, 0.15) is 12.0 Å². The predicted molar refractivity (Wildman–Crippen MR) is 80.9 cm³/mol. The van der Waals surface area contributed by atoms with E-state index in [1.807, 2.05) is 24.3 Å². The van der Waals surface area contributed by atoms with Gasteiger partial charge in [0.2, 0.25) is 11.8 Å². The fourth-order valence-corrected chi connectivity index (χ4v) is 3.48. The summed E-state index contributed by atoms with van der Waals surface area (Å²) in [5.41, 5.74) is 0.631. The molecule has 1 saturated heterocycles. The molecule has 6 heteroatoms. The van der Waals surface area contributed by atoms with Gasteiger partial charge in [-0.2, -0.15) is 17.9 Å². The van der Waals surface area contributed by atoms with Crippen LogP contribution < -0.4 is 5.32 Å². The average molecular weight is 301 g/mol. The minimum atomic E-state index is -0.933. The predicted octanol–water partition coefficient (Wildman–Crippen LogP) is 1.18. The topological polar surface area (TPSA) is 73.2 Å². The number of likely N-dealkylation sites (tertiary alicyclic amines) is 1. The lowest BCUT2D eigenvalue weighted by Crippen LogP contribution is -2.42. The normalized spacial score (nSPS) is 26.6. The summed E-state index contributed by atoms with van der Waals surface area (Å²) in [5, 5.41) is 12.3. The van der Waals surface area contributed by atoms with Gasteiger partial charge in [0.1, 0.15) is 5.41 Å². The van der Waals surface area contributed by atoms with E-state index in [0.29, 0.717) is 18.7 Å².